The Morgan fingerprint density at radius 1 is 0.857 bits per heavy atom. The fraction of sp³-hybridized carbons (Fsp3) is 0.438. The summed E-state index contributed by atoms with van der Waals surface area (Å²) < 4.78 is 27.3. The maximum Gasteiger partial charge on any atom is 0.408 e. The summed E-state index contributed by atoms with van der Waals surface area (Å²) in [4.78, 5) is 48.2. The molecule has 1 heterocycles. The van der Waals surface area contributed by atoms with E-state index in [1.165, 1.54) is 13.8 Å². The van der Waals surface area contributed by atoms with E-state index < -0.39 is 47.9 Å². The van der Waals surface area contributed by atoms with Crippen molar-refractivity contribution in [1.82, 2.24) is 5.32 Å². The molecule has 10 heteroatoms. The second-order valence-electron chi connectivity index (χ2n) is 11.0. The molecule has 1 aliphatic rings. The van der Waals surface area contributed by atoms with Gasteiger partial charge in [-0.3, -0.25) is 9.59 Å². The van der Waals surface area contributed by atoms with Crippen molar-refractivity contribution < 1.29 is 42.9 Å². The molecule has 1 amide bonds. The fourth-order valence-corrected chi connectivity index (χ4v) is 4.21. The second kappa shape index (κ2) is 15.2. The van der Waals surface area contributed by atoms with E-state index in [1.807, 2.05) is 60.7 Å². The molecule has 0 spiro atoms. The molecular weight excluding hydrogens is 542 g/mol. The van der Waals surface area contributed by atoms with Crippen molar-refractivity contribution in [3.8, 4) is 0 Å². The molecule has 0 saturated carbocycles. The van der Waals surface area contributed by atoms with Gasteiger partial charge in [0.15, 0.2) is 0 Å². The smallest absolute Gasteiger partial charge is 0.408 e. The lowest BCUT2D eigenvalue weighted by molar-refractivity contribution is -0.163. The minimum absolute atomic E-state index is 0.0422. The number of benzene rings is 2. The van der Waals surface area contributed by atoms with Crippen LogP contribution in [0.3, 0.4) is 0 Å². The lowest BCUT2D eigenvalue weighted by Crippen LogP contribution is -2.45. The Morgan fingerprint density at radius 3 is 2.14 bits per heavy atom. The van der Waals surface area contributed by atoms with Crippen molar-refractivity contribution in [3.05, 3.63) is 83.4 Å². The molecule has 0 aromatic heterocycles. The van der Waals surface area contributed by atoms with Crippen LogP contribution in [0.25, 0.3) is 0 Å². The maximum atomic E-state index is 13.0. The van der Waals surface area contributed by atoms with Crippen molar-refractivity contribution in [3.63, 3.8) is 0 Å². The Kier molecular flexibility index (Phi) is 11.7. The van der Waals surface area contributed by atoms with Gasteiger partial charge in [0.2, 0.25) is 0 Å². The number of nitrogens with one attached hydrogen (secondary N) is 1. The van der Waals surface area contributed by atoms with Gasteiger partial charge in [0.05, 0.1) is 6.10 Å². The van der Waals surface area contributed by atoms with Crippen molar-refractivity contribution >= 4 is 24.0 Å². The minimum Gasteiger partial charge on any atom is -0.463 e. The lowest BCUT2D eigenvalue weighted by Gasteiger charge is -2.31. The first kappa shape index (κ1) is 32.3. The number of carbonyl (C=O) groups is 4. The lowest BCUT2D eigenvalue weighted by atomic mass is 10.00. The van der Waals surface area contributed by atoms with E-state index in [9.17, 15) is 19.2 Å². The molecule has 226 valence electrons. The van der Waals surface area contributed by atoms with Crippen LogP contribution in [0.5, 0.6) is 0 Å². The second-order valence-corrected chi connectivity index (χ2v) is 11.0. The highest BCUT2D eigenvalue weighted by Gasteiger charge is 2.31. The molecule has 42 heavy (non-hydrogen) atoms. The Bertz CT molecular complexity index is 1230. The van der Waals surface area contributed by atoms with Gasteiger partial charge in [0, 0.05) is 26.7 Å². The first-order valence-electron chi connectivity index (χ1n) is 13.8. The van der Waals surface area contributed by atoms with Crippen LogP contribution in [0.1, 0.15) is 51.3 Å². The third-order valence-electron chi connectivity index (χ3n) is 6.08. The summed E-state index contributed by atoms with van der Waals surface area (Å²) in [6.45, 7) is 7.88. The van der Waals surface area contributed by atoms with Gasteiger partial charge in [-0.05, 0) is 43.5 Å². The molecule has 2 aromatic carbocycles. The van der Waals surface area contributed by atoms with Crippen LogP contribution in [-0.4, -0.2) is 60.6 Å². The van der Waals surface area contributed by atoms with Crippen LogP contribution < -0.4 is 5.32 Å². The molecule has 0 saturated heterocycles. The number of esters is 3. The molecule has 2 aromatic rings. The largest absolute Gasteiger partial charge is 0.463 e. The zero-order valence-electron chi connectivity index (χ0n) is 24.7. The van der Waals surface area contributed by atoms with Gasteiger partial charge in [0.25, 0.3) is 0 Å². The van der Waals surface area contributed by atoms with Crippen molar-refractivity contribution in [2.75, 3.05) is 6.61 Å². The standard InChI is InChI=1S/C32H39NO9/c1-21(34)38-20-29-28(40-22(2)35)16-15-26(41-29)17-23-11-13-24(14-12-23)18-27(33-31(37)42-32(3,4)5)30(36)39-19-25-9-7-6-8-10-25/h6-16,26-29H,17-20H2,1-5H3,(H,33,37)/t26-,27-,28-,29+/m0/s1. The molecule has 1 aliphatic heterocycles. The highest BCUT2D eigenvalue weighted by molar-refractivity contribution is 5.81. The number of hydrogen-bond donors (Lipinski definition) is 1. The van der Waals surface area contributed by atoms with E-state index in [4.69, 9.17) is 23.7 Å². The minimum atomic E-state index is -0.959. The summed E-state index contributed by atoms with van der Waals surface area (Å²) in [6, 6.07) is 15.9. The summed E-state index contributed by atoms with van der Waals surface area (Å²) in [6.07, 6.45) is 1.93. The Labute approximate surface area is 246 Å². The molecule has 0 radical (unpaired) electrons. The Hall–Kier alpha value is -4.18. The number of ether oxygens (including phenoxy) is 5. The van der Waals surface area contributed by atoms with E-state index in [2.05, 4.69) is 5.32 Å². The summed E-state index contributed by atoms with van der Waals surface area (Å²) >= 11 is 0. The van der Waals surface area contributed by atoms with Crippen molar-refractivity contribution in [1.29, 1.82) is 0 Å². The molecule has 1 N–H and O–H groups in total. The summed E-state index contributed by atoms with van der Waals surface area (Å²) in [5.41, 5.74) is 1.86. The molecule has 0 unspecified atom stereocenters. The van der Waals surface area contributed by atoms with Gasteiger partial charge in [0.1, 0.15) is 37.1 Å². The molecule has 4 atom stereocenters. The molecule has 3 rings (SSSR count). The predicted octanol–water partition coefficient (Wildman–Crippen LogP) is 4.23. The summed E-state index contributed by atoms with van der Waals surface area (Å²) in [5.74, 6) is -1.49. The molecular formula is C32H39NO9. The maximum absolute atomic E-state index is 13.0. The topological polar surface area (TPSA) is 126 Å². The van der Waals surface area contributed by atoms with E-state index in [0.29, 0.717) is 6.42 Å². The van der Waals surface area contributed by atoms with E-state index in [-0.39, 0.29) is 25.7 Å². The van der Waals surface area contributed by atoms with Gasteiger partial charge in [-0.1, -0.05) is 60.7 Å². The third kappa shape index (κ3) is 11.4. The molecule has 0 aliphatic carbocycles. The van der Waals surface area contributed by atoms with Gasteiger partial charge in [-0.2, -0.15) is 0 Å². The predicted molar refractivity (Wildman–Crippen MR) is 153 cm³/mol. The quantitative estimate of drug-likeness (QED) is 0.236. The fourth-order valence-electron chi connectivity index (χ4n) is 4.21. The first-order valence-corrected chi connectivity index (χ1v) is 13.8. The van der Waals surface area contributed by atoms with Gasteiger partial charge in [-0.25, -0.2) is 9.59 Å². The SMILES string of the molecule is CC(=O)OC[C@H]1O[C@H](Cc2ccc(C[C@H](NC(=O)OC(C)(C)C)C(=O)OCc3ccccc3)cc2)C=C[C@@H]1OC(C)=O. The normalized spacial score (nSPS) is 18.8. The van der Waals surface area contributed by atoms with E-state index in [1.54, 1.807) is 26.8 Å². The molecule has 10 nitrogen and oxygen atoms in total. The average molecular weight is 582 g/mol. The van der Waals surface area contributed by atoms with Crippen LogP contribution in [0, 0.1) is 0 Å². The van der Waals surface area contributed by atoms with Crippen LogP contribution in [0.4, 0.5) is 4.79 Å². The average Bonchev–Trinajstić information content (AvgIpc) is 2.91. The third-order valence-corrected chi connectivity index (χ3v) is 6.08. The van der Waals surface area contributed by atoms with Crippen LogP contribution >= 0.6 is 0 Å². The Balaban J connectivity index is 1.65. The zero-order valence-corrected chi connectivity index (χ0v) is 24.7. The summed E-state index contributed by atoms with van der Waals surface area (Å²) in [7, 11) is 0. The highest BCUT2D eigenvalue weighted by atomic mass is 16.6. The van der Waals surface area contributed by atoms with Crippen LogP contribution in [0.15, 0.2) is 66.7 Å². The van der Waals surface area contributed by atoms with E-state index >= 15 is 0 Å². The molecule has 0 fully saturated rings. The van der Waals surface area contributed by atoms with Gasteiger partial charge < -0.3 is 29.0 Å². The van der Waals surface area contributed by atoms with Gasteiger partial charge in [-0.15, -0.1) is 0 Å². The van der Waals surface area contributed by atoms with Crippen LogP contribution in [0.2, 0.25) is 0 Å². The number of alkyl carbamates (subject to hydrolysis) is 1. The summed E-state index contributed by atoms with van der Waals surface area (Å²) in [5, 5.41) is 2.64. The number of carbonyl (C=O) groups excluding carboxylic acids is 4. The number of rotatable bonds is 11. The van der Waals surface area contributed by atoms with Crippen LogP contribution in [-0.2, 0) is 57.5 Å². The number of amides is 1. The Morgan fingerprint density at radius 2 is 1.52 bits per heavy atom. The zero-order chi connectivity index (χ0) is 30.7. The number of hydrogen-bond acceptors (Lipinski definition) is 9. The van der Waals surface area contributed by atoms with Gasteiger partial charge >= 0.3 is 24.0 Å². The van der Waals surface area contributed by atoms with Crippen molar-refractivity contribution in [2.24, 2.45) is 0 Å². The molecule has 0 bridgehead atoms. The monoisotopic (exact) mass is 581 g/mol. The van der Waals surface area contributed by atoms with Crippen molar-refractivity contribution in [2.45, 2.75) is 84.0 Å². The van der Waals surface area contributed by atoms with E-state index in [0.717, 1.165) is 16.7 Å². The highest BCUT2D eigenvalue weighted by Crippen LogP contribution is 2.21. The first-order chi connectivity index (χ1) is 19.9.